The lowest BCUT2D eigenvalue weighted by Gasteiger charge is -2.32. The summed E-state index contributed by atoms with van der Waals surface area (Å²) < 4.78 is 11.8. The van der Waals surface area contributed by atoms with E-state index in [1.165, 1.54) is 6.92 Å². The lowest BCUT2D eigenvalue weighted by molar-refractivity contribution is 0.00578. The number of pyridine rings is 1. The van der Waals surface area contributed by atoms with E-state index in [-0.39, 0.29) is 18.3 Å². The summed E-state index contributed by atoms with van der Waals surface area (Å²) in [4.78, 5) is 3.98. The van der Waals surface area contributed by atoms with Crippen molar-refractivity contribution in [3.63, 3.8) is 0 Å². The van der Waals surface area contributed by atoms with Gasteiger partial charge in [0, 0.05) is 19.3 Å². The van der Waals surface area contributed by atoms with Gasteiger partial charge in [-0.3, -0.25) is 4.98 Å². The standard InChI is InChI=1S/C11H16BNO2.C2H3N/c1-10(2)11(3,4)15-12(14-10)9-5-7-13-8-6-9;1-2-3/h5-8H,1-4H3;1H3. The molecule has 0 N–H and O–H groups in total. The van der Waals surface area contributed by atoms with E-state index in [2.05, 4.69) is 4.98 Å². The number of nitrogens with zero attached hydrogens (tertiary/aromatic N) is 2. The smallest absolute Gasteiger partial charge is 0.399 e. The molecule has 4 nitrogen and oxygen atoms in total. The molecule has 0 amide bonds. The zero-order chi connectivity index (χ0) is 13.8. The molecule has 0 spiro atoms. The Morgan fingerprint density at radius 1 is 1.11 bits per heavy atom. The molecule has 0 saturated carbocycles. The Hall–Kier alpha value is -1.38. The van der Waals surface area contributed by atoms with Crippen molar-refractivity contribution in [3.8, 4) is 6.07 Å². The molecule has 0 bridgehead atoms. The normalized spacial score (nSPS) is 19.7. The minimum absolute atomic E-state index is 0.277. The second kappa shape index (κ2) is 5.51. The van der Waals surface area contributed by atoms with Crippen LogP contribution in [0.3, 0.4) is 0 Å². The van der Waals surface area contributed by atoms with Crippen LogP contribution in [0.1, 0.15) is 34.6 Å². The maximum Gasteiger partial charge on any atom is 0.494 e. The highest BCUT2D eigenvalue weighted by atomic mass is 16.7. The summed E-state index contributed by atoms with van der Waals surface area (Å²) in [6, 6.07) is 5.59. The van der Waals surface area contributed by atoms with Crippen LogP contribution in [0, 0.1) is 11.3 Å². The molecule has 1 fully saturated rings. The summed E-state index contributed by atoms with van der Waals surface area (Å²) in [5.74, 6) is 0. The second-order valence-corrected chi connectivity index (χ2v) is 5.09. The first-order valence-corrected chi connectivity index (χ1v) is 5.90. The Balaban J connectivity index is 0.000000492. The third-order valence-electron chi connectivity index (χ3n) is 3.23. The van der Waals surface area contributed by atoms with Gasteiger partial charge in [0.25, 0.3) is 0 Å². The lowest BCUT2D eigenvalue weighted by Crippen LogP contribution is -2.41. The van der Waals surface area contributed by atoms with E-state index in [4.69, 9.17) is 14.6 Å². The average molecular weight is 246 g/mol. The van der Waals surface area contributed by atoms with Crippen LogP contribution in [0.4, 0.5) is 0 Å². The Kier molecular flexibility index (Phi) is 4.50. The van der Waals surface area contributed by atoms with E-state index in [0.717, 1.165) is 5.46 Å². The molecular formula is C13H19BN2O2. The first-order valence-electron chi connectivity index (χ1n) is 5.90. The van der Waals surface area contributed by atoms with Gasteiger partial charge in [-0.05, 0) is 45.3 Å². The van der Waals surface area contributed by atoms with Gasteiger partial charge in [-0.15, -0.1) is 0 Å². The van der Waals surface area contributed by atoms with Crippen LogP contribution in [0.5, 0.6) is 0 Å². The fraction of sp³-hybridized carbons (Fsp3) is 0.538. The van der Waals surface area contributed by atoms with Crippen LogP contribution >= 0.6 is 0 Å². The number of rotatable bonds is 1. The number of nitriles is 1. The van der Waals surface area contributed by atoms with E-state index < -0.39 is 0 Å². The van der Waals surface area contributed by atoms with E-state index in [1.54, 1.807) is 18.5 Å². The van der Waals surface area contributed by atoms with Crippen LogP contribution in [-0.4, -0.2) is 23.3 Å². The van der Waals surface area contributed by atoms with E-state index in [0.29, 0.717) is 0 Å². The minimum atomic E-state index is -0.280. The van der Waals surface area contributed by atoms with Gasteiger partial charge in [-0.25, -0.2) is 0 Å². The summed E-state index contributed by atoms with van der Waals surface area (Å²) in [6.07, 6.45) is 3.50. The van der Waals surface area contributed by atoms with Gasteiger partial charge in [-0.1, -0.05) is 0 Å². The third kappa shape index (κ3) is 3.09. The van der Waals surface area contributed by atoms with Crippen molar-refractivity contribution in [3.05, 3.63) is 24.5 Å². The van der Waals surface area contributed by atoms with Crippen molar-refractivity contribution in [2.24, 2.45) is 0 Å². The first-order chi connectivity index (χ1) is 8.34. The van der Waals surface area contributed by atoms with Crippen molar-refractivity contribution in [1.82, 2.24) is 4.98 Å². The Morgan fingerprint density at radius 2 is 1.50 bits per heavy atom. The van der Waals surface area contributed by atoms with E-state index in [9.17, 15) is 0 Å². The SMILES string of the molecule is CC#N.CC1(C)OB(c2ccncc2)OC1(C)C. The topological polar surface area (TPSA) is 55.1 Å². The molecule has 1 aromatic heterocycles. The molecule has 96 valence electrons. The van der Waals surface area contributed by atoms with Crippen molar-refractivity contribution >= 4 is 12.6 Å². The Bertz CT molecular complexity index is 410. The predicted molar refractivity (Wildman–Crippen MR) is 71.2 cm³/mol. The van der Waals surface area contributed by atoms with Gasteiger partial charge in [0.15, 0.2) is 0 Å². The summed E-state index contributed by atoms with van der Waals surface area (Å²) >= 11 is 0. The quantitative estimate of drug-likeness (QED) is 0.710. The molecule has 0 aliphatic carbocycles. The lowest BCUT2D eigenvalue weighted by atomic mass is 9.80. The van der Waals surface area contributed by atoms with Crippen LogP contribution < -0.4 is 5.46 Å². The minimum Gasteiger partial charge on any atom is -0.399 e. The maximum atomic E-state index is 7.32. The van der Waals surface area contributed by atoms with Gasteiger partial charge < -0.3 is 9.31 Å². The molecular weight excluding hydrogens is 227 g/mol. The number of aromatic nitrogens is 1. The summed E-state index contributed by atoms with van der Waals surface area (Å²) in [5, 5.41) is 7.32. The van der Waals surface area contributed by atoms with Crippen LogP contribution in [-0.2, 0) is 9.31 Å². The monoisotopic (exact) mass is 246 g/mol. The first kappa shape index (κ1) is 14.7. The highest BCUT2D eigenvalue weighted by Crippen LogP contribution is 2.36. The Labute approximate surface area is 109 Å². The van der Waals surface area contributed by atoms with Crippen molar-refractivity contribution in [2.75, 3.05) is 0 Å². The van der Waals surface area contributed by atoms with Gasteiger partial charge in [0.05, 0.1) is 17.3 Å². The maximum absolute atomic E-state index is 7.32. The molecule has 0 aromatic carbocycles. The average Bonchev–Trinajstić information content (AvgIpc) is 2.51. The molecule has 1 aliphatic rings. The second-order valence-electron chi connectivity index (χ2n) is 5.09. The van der Waals surface area contributed by atoms with Gasteiger partial charge in [-0.2, -0.15) is 5.26 Å². The zero-order valence-corrected chi connectivity index (χ0v) is 11.6. The van der Waals surface area contributed by atoms with Gasteiger partial charge in [0.1, 0.15) is 0 Å². The molecule has 18 heavy (non-hydrogen) atoms. The summed E-state index contributed by atoms with van der Waals surface area (Å²) in [7, 11) is -0.280. The fourth-order valence-electron chi connectivity index (χ4n) is 1.50. The van der Waals surface area contributed by atoms with Crippen LogP contribution in [0.25, 0.3) is 0 Å². The highest BCUT2D eigenvalue weighted by Gasteiger charge is 2.51. The van der Waals surface area contributed by atoms with Crippen LogP contribution in [0.2, 0.25) is 0 Å². The van der Waals surface area contributed by atoms with Crippen molar-refractivity contribution < 1.29 is 9.31 Å². The van der Waals surface area contributed by atoms with Crippen molar-refractivity contribution in [2.45, 2.75) is 45.8 Å². The molecule has 0 radical (unpaired) electrons. The van der Waals surface area contributed by atoms with Gasteiger partial charge in [0.2, 0.25) is 0 Å². The fourth-order valence-corrected chi connectivity index (χ4v) is 1.50. The highest BCUT2D eigenvalue weighted by molar-refractivity contribution is 6.62. The largest absolute Gasteiger partial charge is 0.494 e. The molecule has 1 aromatic rings. The summed E-state index contributed by atoms with van der Waals surface area (Å²) in [5.41, 5.74) is 0.464. The molecule has 5 heteroatoms. The number of hydrogen-bond donors (Lipinski definition) is 0. The molecule has 2 heterocycles. The zero-order valence-electron chi connectivity index (χ0n) is 11.6. The van der Waals surface area contributed by atoms with E-state index >= 15 is 0 Å². The molecule has 1 saturated heterocycles. The van der Waals surface area contributed by atoms with Crippen molar-refractivity contribution in [1.29, 1.82) is 5.26 Å². The number of hydrogen-bond acceptors (Lipinski definition) is 4. The van der Waals surface area contributed by atoms with E-state index in [1.807, 2.05) is 39.8 Å². The predicted octanol–water partition coefficient (Wildman–Crippen LogP) is 1.91. The molecule has 0 unspecified atom stereocenters. The Morgan fingerprint density at radius 3 is 1.89 bits per heavy atom. The molecule has 2 rings (SSSR count). The third-order valence-corrected chi connectivity index (χ3v) is 3.23. The van der Waals surface area contributed by atoms with Gasteiger partial charge >= 0.3 is 7.12 Å². The molecule has 1 aliphatic heterocycles. The summed E-state index contributed by atoms with van der Waals surface area (Å²) in [6.45, 7) is 9.63. The van der Waals surface area contributed by atoms with Crippen LogP contribution in [0.15, 0.2) is 24.5 Å². The molecule has 0 atom stereocenters.